The number of anilines is 2. The highest BCUT2D eigenvalue weighted by molar-refractivity contribution is 5.94. The molecule has 7 nitrogen and oxygen atoms in total. The number of carbonyl (C=O) groups excluding carboxylic acids is 2. The van der Waals surface area contributed by atoms with Crippen molar-refractivity contribution in [3.8, 4) is 12.3 Å². The second kappa shape index (κ2) is 10.3. The number of rotatable bonds is 7. The highest BCUT2D eigenvalue weighted by atomic mass is 16.2. The van der Waals surface area contributed by atoms with Gasteiger partial charge in [0.15, 0.2) is 5.82 Å². The van der Waals surface area contributed by atoms with Gasteiger partial charge < -0.3 is 15.1 Å². The predicted molar refractivity (Wildman–Crippen MR) is 124 cm³/mol. The summed E-state index contributed by atoms with van der Waals surface area (Å²) in [6.45, 7) is 2.95. The number of piperidine rings is 1. The minimum absolute atomic E-state index is 0.0368. The van der Waals surface area contributed by atoms with Crippen molar-refractivity contribution in [2.75, 3.05) is 36.4 Å². The summed E-state index contributed by atoms with van der Waals surface area (Å²) < 4.78 is 0. The smallest absolute Gasteiger partial charge is 0.231 e. The monoisotopic (exact) mass is 431 g/mol. The molecule has 0 aliphatic carbocycles. The van der Waals surface area contributed by atoms with Gasteiger partial charge in [-0.15, -0.1) is 17.4 Å². The molecule has 2 aliphatic rings. The fourth-order valence-corrected chi connectivity index (χ4v) is 4.32. The topological polar surface area (TPSA) is 78.4 Å². The van der Waals surface area contributed by atoms with Crippen molar-refractivity contribution in [2.45, 2.75) is 32.1 Å². The molecular formula is C25H29N5O2. The van der Waals surface area contributed by atoms with Crippen LogP contribution in [0.25, 0.3) is 0 Å². The van der Waals surface area contributed by atoms with Crippen molar-refractivity contribution in [1.29, 1.82) is 0 Å². The Hall–Kier alpha value is -3.40. The second-order valence-corrected chi connectivity index (χ2v) is 8.60. The van der Waals surface area contributed by atoms with E-state index in [-0.39, 0.29) is 17.7 Å². The van der Waals surface area contributed by atoms with E-state index in [0.717, 1.165) is 43.9 Å². The Balaban J connectivity index is 1.19. The van der Waals surface area contributed by atoms with Gasteiger partial charge in [0.25, 0.3) is 0 Å². The highest BCUT2D eigenvalue weighted by Gasteiger charge is 2.33. The van der Waals surface area contributed by atoms with E-state index >= 15 is 0 Å². The molecule has 2 amide bonds. The van der Waals surface area contributed by atoms with E-state index in [9.17, 15) is 9.59 Å². The van der Waals surface area contributed by atoms with Crippen LogP contribution in [0.5, 0.6) is 0 Å². The van der Waals surface area contributed by atoms with Gasteiger partial charge in [0, 0.05) is 50.9 Å². The molecule has 32 heavy (non-hydrogen) atoms. The molecule has 0 bridgehead atoms. The lowest BCUT2D eigenvalue weighted by molar-refractivity contribution is -0.132. The van der Waals surface area contributed by atoms with Gasteiger partial charge in [0.05, 0.1) is 5.92 Å². The standard InChI is InChI=1S/C25H29N5O2/c1-2-3-6-24(31)29-14-11-20(12-15-29)16-19-7-9-22(10-8-19)27-25(32)21-17-30(18-21)23-5-4-13-26-28-23/h1,4-5,7-10,13,20-21H,3,6,11-12,14-18H2,(H,27,32). The van der Waals surface area contributed by atoms with Gasteiger partial charge in [-0.3, -0.25) is 9.59 Å². The Kier molecular flexibility index (Phi) is 7.00. The molecule has 2 saturated heterocycles. The van der Waals surface area contributed by atoms with Crippen molar-refractivity contribution in [3.05, 3.63) is 48.2 Å². The van der Waals surface area contributed by atoms with E-state index in [1.54, 1.807) is 6.20 Å². The maximum atomic E-state index is 12.5. The van der Waals surface area contributed by atoms with Gasteiger partial charge >= 0.3 is 0 Å². The van der Waals surface area contributed by atoms with Crippen molar-refractivity contribution in [3.63, 3.8) is 0 Å². The molecule has 1 aromatic heterocycles. The lowest BCUT2D eigenvalue weighted by Crippen LogP contribution is -2.52. The lowest BCUT2D eigenvalue weighted by Gasteiger charge is -2.38. The van der Waals surface area contributed by atoms with E-state index < -0.39 is 0 Å². The Morgan fingerprint density at radius 2 is 1.88 bits per heavy atom. The Labute approximate surface area is 189 Å². The number of hydrogen-bond acceptors (Lipinski definition) is 5. The second-order valence-electron chi connectivity index (χ2n) is 8.60. The molecule has 2 fully saturated rings. The van der Waals surface area contributed by atoms with Crippen LogP contribution in [0.15, 0.2) is 42.6 Å². The van der Waals surface area contributed by atoms with Crippen molar-refractivity contribution in [2.24, 2.45) is 11.8 Å². The number of terminal acetylenes is 1. The van der Waals surface area contributed by atoms with Crippen molar-refractivity contribution < 1.29 is 9.59 Å². The van der Waals surface area contributed by atoms with E-state index in [0.29, 0.717) is 31.8 Å². The first-order chi connectivity index (χ1) is 15.6. The van der Waals surface area contributed by atoms with Gasteiger partial charge in [-0.1, -0.05) is 12.1 Å². The molecule has 0 unspecified atom stereocenters. The summed E-state index contributed by atoms with van der Waals surface area (Å²) in [5, 5.41) is 11.0. The normalized spacial score (nSPS) is 16.8. The first kappa shape index (κ1) is 21.8. The molecule has 0 saturated carbocycles. The fourth-order valence-electron chi connectivity index (χ4n) is 4.32. The number of benzene rings is 1. The average Bonchev–Trinajstić information content (AvgIpc) is 2.79. The zero-order chi connectivity index (χ0) is 22.3. The van der Waals surface area contributed by atoms with Crippen LogP contribution in [0.2, 0.25) is 0 Å². The quantitative estimate of drug-likeness (QED) is 0.682. The average molecular weight is 432 g/mol. The van der Waals surface area contributed by atoms with Crippen LogP contribution in [0.1, 0.15) is 31.2 Å². The third kappa shape index (κ3) is 5.44. The van der Waals surface area contributed by atoms with Crippen LogP contribution in [0.3, 0.4) is 0 Å². The first-order valence-electron chi connectivity index (χ1n) is 11.3. The molecule has 7 heteroatoms. The number of amides is 2. The Morgan fingerprint density at radius 1 is 1.12 bits per heavy atom. The zero-order valence-electron chi connectivity index (χ0n) is 18.2. The van der Waals surface area contributed by atoms with Crippen LogP contribution in [0, 0.1) is 24.2 Å². The molecule has 2 aliphatic heterocycles. The summed E-state index contributed by atoms with van der Waals surface area (Å²) in [4.78, 5) is 28.6. The van der Waals surface area contributed by atoms with Gasteiger partial charge in [0.1, 0.15) is 0 Å². The van der Waals surface area contributed by atoms with E-state index in [1.165, 1.54) is 5.56 Å². The van der Waals surface area contributed by atoms with Crippen LogP contribution < -0.4 is 10.2 Å². The predicted octanol–water partition coefficient (Wildman–Crippen LogP) is 2.75. The molecule has 2 aromatic rings. The SMILES string of the molecule is C#CCCC(=O)N1CCC(Cc2ccc(NC(=O)C3CN(c4cccnn4)C3)cc2)CC1. The molecular weight excluding hydrogens is 402 g/mol. The number of aromatic nitrogens is 2. The van der Waals surface area contributed by atoms with Gasteiger partial charge in [-0.2, -0.15) is 5.10 Å². The minimum Gasteiger partial charge on any atom is -0.353 e. The van der Waals surface area contributed by atoms with Gasteiger partial charge in [0.2, 0.25) is 11.8 Å². The van der Waals surface area contributed by atoms with Crippen molar-refractivity contribution >= 4 is 23.3 Å². The number of nitrogens with zero attached hydrogens (tertiary/aromatic N) is 4. The van der Waals surface area contributed by atoms with Crippen LogP contribution in [0.4, 0.5) is 11.5 Å². The van der Waals surface area contributed by atoms with Gasteiger partial charge in [-0.05, 0) is 55.0 Å². The number of hydrogen-bond donors (Lipinski definition) is 1. The highest BCUT2D eigenvalue weighted by Crippen LogP contribution is 2.25. The molecule has 4 rings (SSSR count). The van der Waals surface area contributed by atoms with Crippen molar-refractivity contribution in [1.82, 2.24) is 15.1 Å². The molecule has 166 valence electrons. The van der Waals surface area contributed by atoms with E-state index in [4.69, 9.17) is 6.42 Å². The molecule has 0 radical (unpaired) electrons. The van der Waals surface area contributed by atoms with Crippen LogP contribution in [-0.2, 0) is 16.0 Å². The summed E-state index contributed by atoms with van der Waals surface area (Å²) in [5.74, 6) is 4.10. The summed E-state index contributed by atoms with van der Waals surface area (Å²) in [6, 6.07) is 11.9. The summed E-state index contributed by atoms with van der Waals surface area (Å²) in [7, 11) is 0. The third-order valence-electron chi connectivity index (χ3n) is 6.33. The molecule has 1 N–H and O–H groups in total. The fraction of sp³-hybridized carbons (Fsp3) is 0.440. The van der Waals surface area contributed by atoms with E-state index in [2.05, 4.69) is 33.6 Å². The molecule has 1 aromatic carbocycles. The maximum Gasteiger partial charge on any atom is 0.231 e. The summed E-state index contributed by atoms with van der Waals surface area (Å²) in [5.41, 5.74) is 2.09. The number of nitrogens with one attached hydrogen (secondary N) is 1. The Morgan fingerprint density at radius 3 is 2.53 bits per heavy atom. The van der Waals surface area contributed by atoms with Crippen LogP contribution >= 0.6 is 0 Å². The number of likely N-dealkylation sites (tertiary alicyclic amines) is 1. The number of carbonyl (C=O) groups is 2. The zero-order valence-corrected chi connectivity index (χ0v) is 18.2. The van der Waals surface area contributed by atoms with Crippen LogP contribution in [-0.4, -0.2) is 53.1 Å². The maximum absolute atomic E-state index is 12.5. The first-order valence-corrected chi connectivity index (χ1v) is 11.3. The van der Waals surface area contributed by atoms with Gasteiger partial charge in [-0.25, -0.2) is 0 Å². The molecule has 3 heterocycles. The third-order valence-corrected chi connectivity index (χ3v) is 6.33. The lowest BCUT2D eigenvalue weighted by atomic mass is 9.90. The molecule has 0 atom stereocenters. The Bertz CT molecular complexity index is 956. The summed E-state index contributed by atoms with van der Waals surface area (Å²) in [6.07, 6.45) is 10.9. The van der Waals surface area contributed by atoms with E-state index in [1.807, 2.05) is 34.1 Å². The molecule has 0 spiro atoms. The summed E-state index contributed by atoms with van der Waals surface area (Å²) >= 11 is 0. The largest absolute Gasteiger partial charge is 0.353 e. The minimum atomic E-state index is -0.0368.